The van der Waals surface area contributed by atoms with Crippen molar-refractivity contribution >= 4 is 23.4 Å². The van der Waals surface area contributed by atoms with Crippen LogP contribution < -0.4 is 10.1 Å². The Morgan fingerprint density at radius 1 is 1.14 bits per heavy atom. The molecule has 1 atom stereocenters. The first-order chi connectivity index (χ1) is 13.3. The van der Waals surface area contributed by atoms with Gasteiger partial charge in [0, 0.05) is 18.1 Å². The quantitative estimate of drug-likeness (QED) is 0.728. The van der Waals surface area contributed by atoms with Gasteiger partial charge in [0.2, 0.25) is 5.91 Å². The highest BCUT2D eigenvalue weighted by molar-refractivity contribution is 6.31. The Balaban J connectivity index is 2.16. The monoisotopic (exact) mass is 402 g/mol. The Labute approximate surface area is 171 Å². The Kier molecular flexibility index (Phi) is 7.88. The predicted molar refractivity (Wildman–Crippen MR) is 112 cm³/mol. The summed E-state index contributed by atoms with van der Waals surface area (Å²) < 4.78 is 5.69. The minimum atomic E-state index is -0.646. The molecule has 0 bridgehead atoms. The SMILES string of the molecule is CCNC(=O)[C@@H](C)N(Cc1ccccc1Cl)C(=O)COc1ccc(C)c(C)c1. The topological polar surface area (TPSA) is 58.6 Å². The zero-order chi connectivity index (χ0) is 20.7. The van der Waals surface area contributed by atoms with E-state index in [1.54, 1.807) is 13.0 Å². The van der Waals surface area contributed by atoms with Crippen molar-refractivity contribution in [1.82, 2.24) is 10.2 Å². The number of nitrogens with one attached hydrogen (secondary N) is 1. The smallest absolute Gasteiger partial charge is 0.261 e. The van der Waals surface area contributed by atoms with Crippen LogP contribution in [0.25, 0.3) is 0 Å². The van der Waals surface area contributed by atoms with Gasteiger partial charge in [-0.3, -0.25) is 9.59 Å². The van der Waals surface area contributed by atoms with Gasteiger partial charge in [-0.2, -0.15) is 0 Å². The summed E-state index contributed by atoms with van der Waals surface area (Å²) in [5.41, 5.74) is 3.03. The lowest BCUT2D eigenvalue weighted by molar-refractivity contribution is -0.142. The minimum Gasteiger partial charge on any atom is -0.484 e. The predicted octanol–water partition coefficient (Wildman–Crippen LogP) is 3.89. The number of nitrogens with zero attached hydrogens (tertiary/aromatic N) is 1. The summed E-state index contributed by atoms with van der Waals surface area (Å²) in [6.07, 6.45) is 0. The van der Waals surface area contributed by atoms with Crippen LogP contribution in [0.5, 0.6) is 5.75 Å². The van der Waals surface area contributed by atoms with Crippen LogP contribution in [0.1, 0.15) is 30.5 Å². The van der Waals surface area contributed by atoms with Crippen LogP contribution in [-0.2, 0) is 16.1 Å². The van der Waals surface area contributed by atoms with Crippen LogP contribution in [0.2, 0.25) is 5.02 Å². The van der Waals surface area contributed by atoms with E-state index >= 15 is 0 Å². The zero-order valence-corrected chi connectivity index (χ0v) is 17.5. The van der Waals surface area contributed by atoms with E-state index in [-0.39, 0.29) is 25.0 Å². The Morgan fingerprint density at radius 2 is 1.86 bits per heavy atom. The van der Waals surface area contributed by atoms with Crippen LogP contribution >= 0.6 is 11.6 Å². The van der Waals surface area contributed by atoms with E-state index in [1.165, 1.54) is 4.90 Å². The van der Waals surface area contributed by atoms with E-state index in [9.17, 15) is 9.59 Å². The highest BCUT2D eigenvalue weighted by Gasteiger charge is 2.26. The first-order valence-electron chi connectivity index (χ1n) is 9.34. The summed E-state index contributed by atoms with van der Waals surface area (Å²) >= 11 is 6.25. The molecule has 0 saturated heterocycles. The van der Waals surface area contributed by atoms with E-state index < -0.39 is 6.04 Å². The number of hydrogen-bond donors (Lipinski definition) is 1. The molecule has 0 fully saturated rings. The maximum absolute atomic E-state index is 12.9. The number of amides is 2. The number of benzene rings is 2. The number of halogens is 1. The molecular formula is C22H27ClN2O3. The number of carbonyl (C=O) groups is 2. The third-order valence-corrected chi connectivity index (χ3v) is 5.03. The minimum absolute atomic E-state index is 0.156. The first-order valence-corrected chi connectivity index (χ1v) is 9.72. The van der Waals surface area contributed by atoms with Gasteiger partial charge in [-0.25, -0.2) is 0 Å². The van der Waals surface area contributed by atoms with E-state index in [0.717, 1.165) is 16.7 Å². The molecule has 0 aliphatic carbocycles. The molecule has 0 aliphatic heterocycles. The maximum Gasteiger partial charge on any atom is 0.261 e. The molecule has 2 amide bonds. The molecule has 2 aromatic carbocycles. The first kappa shape index (κ1) is 21.8. The fourth-order valence-electron chi connectivity index (χ4n) is 2.75. The molecule has 0 radical (unpaired) electrons. The molecular weight excluding hydrogens is 376 g/mol. The summed E-state index contributed by atoms with van der Waals surface area (Å²) in [5, 5.41) is 3.32. The van der Waals surface area contributed by atoms with E-state index in [0.29, 0.717) is 17.3 Å². The van der Waals surface area contributed by atoms with Crippen LogP contribution in [0, 0.1) is 13.8 Å². The van der Waals surface area contributed by atoms with Gasteiger partial charge in [-0.05, 0) is 62.6 Å². The largest absolute Gasteiger partial charge is 0.484 e. The van der Waals surface area contributed by atoms with Crippen molar-refractivity contribution < 1.29 is 14.3 Å². The van der Waals surface area contributed by atoms with Crippen LogP contribution in [-0.4, -0.2) is 35.9 Å². The summed E-state index contributed by atoms with van der Waals surface area (Å²) in [6, 6.07) is 12.3. The average molecular weight is 403 g/mol. The van der Waals surface area contributed by atoms with Crippen molar-refractivity contribution in [2.45, 2.75) is 40.3 Å². The molecule has 6 heteroatoms. The second-order valence-electron chi connectivity index (χ2n) is 6.72. The lowest BCUT2D eigenvalue weighted by Gasteiger charge is -2.29. The number of aryl methyl sites for hydroxylation is 2. The Bertz CT molecular complexity index is 838. The number of hydrogen-bond acceptors (Lipinski definition) is 3. The van der Waals surface area contributed by atoms with Crippen molar-refractivity contribution in [3.63, 3.8) is 0 Å². The van der Waals surface area contributed by atoms with Crippen LogP contribution in [0.3, 0.4) is 0 Å². The lowest BCUT2D eigenvalue weighted by Crippen LogP contribution is -2.49. The van der Waals surface area contributed by atoms with Crippen LogP contribution in [0.4, 0.5) is 0 Å². The molecule has 2 aromatic rings. The van der Waals surface area contributed by atoms with Crippen molar-refractivity contribution in [2.75, 3.05) is 13.2 Å². The van der Waals surface area contributed by atoms with Gasteiger partial charge in [0.05, 0.1) is 0 Å². The van der Waals surface area contributed by atoms with Gasteiger partial charge in [-0.15, -0.1) is 0 Å². The van der Waals surface area contributed by atoms with Gasteiger partial charge < -0.3 is 15.0 Å². The Morgan fingerprint density at radius 3 is 2.50 bits per heavy atom. The average Bonchev–Trinajstić information content (AvgIpc) is 2.67. The molecule has 0 aromatic heterocycles. The van der Waals surface area contributed by atoms with Crippen molar-refractivity contribution in [1.29, 1.82) is 0 Å². The van der Waals surface area contributed by atoms with Crippen molar-refractivity contribution in [3.8, 4) is 5.75 Å². The van der Waals surface area contributed by atoms with Crippen molar-refractivity contribution in [3.05, 3.63) is 64.2 Å². The molecule has 0 saturated carbocycles. The highest BCUT2D eigenvalue weighted by atomic mass is 35.5. The maximum atomic E-state index is 12.9. The molecule has 2 rings (SSSR count). The standard InChI is InChI=1S/C22H27ClN2O3/c1-5-24-22(27)17(4)25(13-18-8-6-7-9-20(18)23)21(26)14-28-19-11-10-15(2)16(3)12-19/h6-12,17H,5,13-14H2,1-4H3,(H,24,27)/t17-/m1/s1. The molecule has 0 unspecified atom stereocenters. The molecule has 150 valence electrons. The van der Waals surface area contributed by atoms with Gasteiger partial charge in [0.15, 0.2) is 6.61 Å². The normalized spacial score (nSPS) is 11.6. The van der Waals surface area contributed by atoms with E-state index in [1.807, 2.05) is 57.2 Å². The van der Waals surface area contributed by atoms with Crippen LogP contribution in [0.15, 0.2) is 42.5 Å². The van der Waals surface area contributed by atoms with Gasteiger partial charge in [0.25, 0.3) is 5.91 Å². The summed E-state index contributed by atoms with van der Waals surface area (Å²) in [4.78, 5) is 26.7. The molecule has 0 aliphatic rings. The Hall–Kier alpha value is -2.53. The fourth-order valence-corrected chi connectivity index (χ4v) is 2.94. The summed E-state index contributed by atoms with van der Waals surface area (Å²) in [7, 11) is 0. The zero-order valence-electron chi connectivity index (χ0n) is 16.8. The lowest BCUT2D eigenvalue weighted by atomic mass is 10.1. The van der Waals surface area contributed by atoms with Gasteiger partial charge in [0.1, 0.15) is 11.8 Å². The van der Waals surface area contributed by atoms with Gasteiger partial charge in [-0.1, -0.05) is 35.9 Å². The van der Waals surface area contributed by atoms with Crippen molar-refractivity contribution in [2.24, 2.45) is 0 Å². The molecule has 28 heavy (non-hydrogen) atoms. The van der Waals surface area contributed by atoms with Gasteiger partial charge >= 0.3 is 0 Å². The van der Waals surface area contributed by atoms with E-state index in [4.69, 9.17) is 16.3 Å². The van der Waals surface area contributed by atoms with E-state index in [2.05, 4.69) is 5.32 Å². The molecule has 0 spiro atoms. The summed E-state index contributed by atoms with van der Waals surface area (Å²) in [5.74, 6) is 0.130. The number of likely N-dealkylation sites (N-methyl/N-ethyl adjacent to an activating group) is 1. The number of carbonyl (C=O) groups excluding carboxylic acids is 2. The second kappa shape index (κ2) is 10.1. The third-order valence-electron chi connectivity index (χ3n) is 4.66. The number of ether oxygens (including phenoxy) is 1. The fraction of sp³-hybridized carbons (Fsp3) is 0.364. The molecule has 1 N–H and O–H groups in total. The molecule has 0 heterocycles. The number of rotatable bonds is 8. The molecule has 5 nitrogen and oxygen atoms in total. The third kappa shape index (κ3) is 5.73. The second-order valence-corrected chi connectivity index (χ2v) is 7.13. The summed E-state index contributed by atoms with van der Waals surface area (Å²) in [6.45, 7) is 8.12. The highest BCUT2D eigenvalue weighted by Crippen LogP contribution is 2.20.